The van der Waals surface area contributed by atoms with Gasteiger partial charge in [0.25, 0.3) is 0 Å². The van der Waals surface area contributed by atoms with E-state index < -0.39 is 0 Å². The average Bonchev–Trinajstić information content (AvgIpc) is 2.85. The van der Waals surface area contributed by atoms with E-state index in [0.29, 0.717) is 38.4 Å². The molecule has 0 saturated carbocycles. The summed E-state index contributed by atoms with van der Waals surface area (Å²) in [6, 6.07) is 5.11. The fourth-order valence-corrected chi connectivity index (χ4v) is 6.66. The van der Waals surface area contributed by atoms with Crippen LogP contribution < -0.4 is 5.32 Å². The molecule has 0 spiro atoms. The van der Waals surface area contributed by atoms with Gasteiger partial charge in [-0.3, -0.25) is 14.4 Å². The SMILES string of the molecule is CC(C)[C@@H]1CC[C@@H](C)CC(=O)N2C[C@H]3C[C@H](CN(C(=O)Cc4ccc(O)c(Cl)c4)C3)[C@@H]2CCCC(=O)N1. The molecule has 3 aliphatic rings. The van der Waals surface area contributed by atoms with Crippen molar-refractivity contribution in [2.75, 3.05) is 19.6 Å². The summed E-state index contributed by atoms with van der Waals surface area (Å²) in [5.74, 6) is 1.51. The molecule has 0 aromatic heterocycles. The molecule has 8 heteroatoms. The molecule has 1 aromatic rings. The van der Waals surface area contributed by atoms with E-state index in [-0.39, 0.29) is 64.8 Å². The van der Waals surface area contributed by atoms with Gasteiger partial charge in [-0.2, -0.15) is 0 Å². The molecule has 3 heterocycles. The standard InChI is InChI=1S/C29H42ClN3O4/c1-18(2)24-9-7-19(3)11-29(37)33-16-21-12-22(25(33)5-4-6-27(35)31-24)17-32(15-21)28(36)14-20-8-10-26(34)23(30)13-20/h8,10,13,18-19,21-22,24-25,34H,4-7,9,11-12,14-17H2,1-3H3,(H,31,35)/t19-,21+,22-,24+,25+/m1/s1. The van der Waals surface area contributed by atoms with Crippen LogP contribution in [0.2, 0.25) is 5.02 Å². The number of carbonyl (C=O) groups is 3. The van der Waals surface area contributed by atoms with E-state index in [0.717, 1.165) is 37.7 Å². The zero-order valence-corrected chi connectivity index (χ0v) is 23.2. The third-order valence-corrected chi connectivity index (χ3v) is 8.86. The predicted octanol–water partition coefficient (Wildman–Crippen LogP) is 4.39. The predicted molar refractivity (Wildman–Crippen MR) is 144 cm³/mol. The van der Waals surface area contributed by atoms with Crippen molar-refractivity contribution >= 4 is 29.3 Å². The Morgan fingerprint density at radius 1 is 1.16 bits per heavy atom. The molecule has 0 aliphatic carbocycles. The molecule has 4 rings (SSSR count). The molecular weight excluding hydrogens is 490 g/mol. The number of piperidine rings is 2. The van der Waals surface area contributed by atoms with E-state index >= 15 is 0 Å². The highest BCUT2D eigenvalue weighted by atomic mass is 35.5. The van der Waals surface area contributed by atoms with Gasteiger partial charge in [0.1, 0.15) is 5.75 Å². The number of aromatic hydroxyl groups is 1. The van der Waals surface area contributed by atoms with Crippen molar-refractivity contribution in [3.63, 3.8) is 0 Å². The number of phenolic OH excluding ortho intramolecular Hbond substituents is 1. The van der Waals surface area contributed by atoms with Gasteiger partial charge in [0.05, 0.1) is 11.4 Å². The number of nitrogens with zero attached hydrogens (tertiary/aromatic N) is 2. The Hall–Kier alpha value is -2.28. The van der Waals surface area contributed by atoms with Gasteiger partial charge in [-0.1, -0.05) is 38.4 Å². The van der Waals surface area contributed by atoms with Crippen LogP contribution in [0, 0.1) is 23.7 Å². The zero-order chi connectivity index (χ0) is 26.7. The Morgan fingerprint density at radius 2 is 1.95 bits per heavy atom. The lowest BCUT2D eigenvalue weighted by Gasteiger charge is -2.51. The highest BCUT2D eigenvalue weighted by Crippen LogP contribution is 2.37. The fourth-order valence-electron chi connectivity index (χ4n) is 6.46. The summed E-state index contributed by atoms with van der Waals surface area (Å²) >= 11 is 6.04. The van der Waals surface area contributed by atoms with Crippen molar-refractivity contribution < 1.29 is 19.5 Å². The summed E-state index contributed by atoms with van der Waals surface area (Å²) in [5, 5.41) is 13.2. The Bertz CT molecular complexity index is 999. The number of likely N-dealkylation sites (tertiary alicyclic amines) is 1. The lowest BCUT2D eigenvalue weighted by atomic mass is 9.77. The number of carbonyl (C=O) groups excluding carboxylic acids is 3. The van der Waals surface area contributed by atoms with E-state index in [4.69, 9.17) is 11.6 Å². The molecule has 204 valence electrons. The first-order valence-corrected chi connectivity index (χ1v) is 14.3. The lowest BCUT2D eigenvalue weighted by molar-refractivity contribution is -0.146. The maximum Gasteiger partial charge on any atom is 0.227 e. The molecule has 5 atom stereocenters. The Morgan fingerprint density at radius 3 is 2.68 bits per heavy atom. The van der Waals surface area contributed by atoms with Gasteiger partial charge in [0.15, 0.2) is 0 Å². The molecule has 3 amide bonds. The Labute approximate surface area is 225 Å². The Balaban J connectivity index is 1.46. The molecule has 2 N–H and O–H groups in total. The van der Waals surface area contributed by atoms with Gasteiger partial charge in [-0.05, 0) is 73.5 Å². The summed E-state index contributed by atoms with van der Waals surface area (Å²) < 4.78 is 0. The van der Waals surface area contributed by atoms with Crippen molar-refractivity contribution in [3.8, 4) is 5.75 Å². The number of benzene rings is 1. The van der Waals surface area contributed by atoms with Crippen molar-refractivity contribution in [1.82, 2.24) is 15.1 Å². The number of hydrogen-bond acceptors (Lipinski definition) is 4. The second-order valence-electron chi connectivity index (χ2n) is 11.9. The maximum absolute atomic E-state index is 13.5. The van der Waals surface area contributed by atoms with E-state index in [1.807, 2.05) is 4.90 Å². The van der Waals surface area contributed by atoms with Crippen LogP contribution in [0.3, 0.4) is 0 Å². The van der Waals surface area contributed by atoms with Crippen LogP contribution in [-0.2, 0) is 20.8 Å². The first-order valence-electron chi connectivity index (χ1n) is 13.9. The molecule has 37 heavy (non-hydrogen) atoms. The largest absolute Gasteiger partial charge is 0.506 e. The zero-order valence-electron chi connectivity index (χ0n) is 22.4. The van der Waals surface area contributed by atoms with Gasteiger partial charge in [0.2, 0.25) is 17.7 Å². The molecule has 3 fully saturated rings. The van der Waals surface area contributed by atoms with Gasteiger partial charge in [-0.25, -0.2) is 0 Å². The third-order valence-electron chi connectivity index (χ3n) is 8.56. The van der Waals surface area contributed by atoms with Crippen LogP contribution in [0.4, 0.5) is 0 Å². The number of hydrogen-bond donors (Lipinski definition) is 2. The van der Waals surface area contributed by atoms with Crippen molar-refractivity contribution in [2.45, 2.75) is 84.2 Å². The highest BCUT2D eigenvalue weighted by molar-refractivity contribution is 6.32. The summed E-state index contributed by atoms with van der Waals surface area (Å²) in [6.45, 7) is 8.40. The van der Waals surface area contributed by atoms with Crippen LogP contribution in [0.1, 0.15) is 71.3 Å². The first kappa shape index (κ1) is 27.7. The summed E-state index contributed by atoms with van der Waals surface area (Å²) in [4.78, 5) is 43.5. The second kappa shape index (κ2) is 12.1. The molecule has 2 bridgehead atoms. The van der Waals surface area contributed by atoms with Crippen LogP contribution >= 0.6 is 11.6 Å². The van der Waals surface area contributed by atoms with Crippen molar-refractivity contribution in [2.24, 2.45) is 23.7 Å². The fraction of sp³-hybridized carbons (Fsp3) is 0.690. The van der Waals surface area contributed by atoms with Crippen molar-refractivity contribution in [1.29, 1.82) is 0 Å². The maximum atomic E-state index is 13.5. The minimum atomic E-state index is 0.0102. The quantitative estimate of drug-likeness (QED) is 0.605. The summed E-state index contributed by atoms with van der Waals surface area (Å²) in [7, 11) is 0. The van der Waals surface area contributed by atoms with Crippen LogP contribution in [-0.4, -0.2) is 64.3 Å². The van der Waals surface area contributed by atoms with Crippen LogP contribution in [0.5, 0.6) is 5.75 Å². The molecule has 3 saturated heterocycles. The minimum Gasteiger partial charge on any atom is -0.506 e. The first-order chi connectivity index (χ1) is 17.6. The minimum absolute atomic E-state index is 0.0102. The van der Waals surface area contributed by atoms with E-state index in [2.05, 4.69) is 31.0 Å². The van der Waals surface area contributed by atoms with Gasteiger partial charge < -0.3 is 20.2 Å². The third kappa shape index (κ3) is 6.98. The molecular formula is C29H42ClN3O4. The van der Waals surface area contributed by atoms with E-state index in [1.54, 1.807) is 12.1 Å². The molecule has 0 unspecified atom stereocenters. The number of halogens is 1. The number of rotatable bonds is 3. The molecule has 1 aromatic carbocycles. The van der Waals surface area contributed by atoms with E-state index in [9.17, 15) is 19.5 Å². The number of phenols is 1. The normalized spacial score (nSPS) is 29.6. The topological polar surface area (TPSA) is 90.0 Å². The average molecular weight is 532 g/mol. The van der Waals surface area contributed by atoms with Gasteiger partial charge in [-0.15, -0.1) is 0 Å². The highest BCUT2D eigenvalue weighted by Gasteiger charge is 2.43. The van der Waals surface area contributed by atoms with Crippen molar-refractivity contribution in [3.05, 3.63) is 28.8 Å². The smallest absolute Gasteiger partial charge is 0.227 e. The lowest BCUT2D eigenvalue weighted by Crippen LogP contribution is -2.60. The monoisotopic (exact) mass is 531 g/mol. The summed E-state index contributed by atoms with van der Waals surface area (Å²) in [6.07, 6.45) is 5.60. The van der Waals surface area contributed by atoms with E-state index in [1.165, 1.54) is 6.07 Å². The number of fused-ring (bicyclic) bond motifs is 4. The molecule has 3 aliphatic heterocycles. The van der Waals surface area contributed by atoms with Gasteiger partial charge in [0, 0.05) is 44.6 Å². The van der Waals surface area contributed by atoms with Crippen LogP contribution in [0.25, 0.3) is 0 Å². The Kier molecular flexibility index (Phi) is 9.04. The van der Waals surface area contributed by atoms with Crippen LogP contribution in [0.15, 0.2) is 18.2 Å². The number of amides is 3. The number of nitrogens with one attached hydrogen (secondary N) is 1. The molecule has 7 nitrogen and oxygen atoms in total. The second-order valence-corrected chi connectivity index (χ2v) is 12.3. The van der Waals surface area contributed by atoms with Gasteiger partial charge >= 0.3 is 0 Å². The summed E-state index contributed by atoms with van der Waals surface area (Å²) in [5.41, 5.74) is 0.780. The molecule has 0 radical (unpaired) electrons.